The second-order valence-corrected chi connectivity index (χ2v) is 5.01. The van der Waals surface area contributed by atoms with E-state index in [9.17, 15) is 9.18 Å². The van der Waals surface area contributed by atoms with Gasteiger partial charge in [0.2, 0.25) is 0 Å². The molecule has 0 aliphatic carbocycles. The van der Waals surface area contributed by atoms with Gasteiger partial charge < -0.3 is 9.84 Å². The molecule has 0 bridgehead atoms. The zero-order valence-electron chi connectivity index (χ0n) is 10.2. The largest absolute Gasteiger partial charge is 0.477 e. The van der Waals surface area contributed by atoms with E-state index < -0.39 is 5.97 Å². The van der Waals surface area contributed by atoms with Crippen LogP contribution >= 0.6 is 11.3 Å². The van der Waals surface area contributed by atoms with Gasteiger partial charge in [-0.25, -0.2) is 14.2 Å². The Kier molecular flexibility index (Phi) is 4.24. The van der Waals surface area contributed by atoms with Crippen LogP contribution in [0.3, 0.4) is 0 Å². The minimum Gasteiger partial charge on any atom is -0.477 e. The lowest BCUT2D eigenvalue weighted by Crippen LogP contribution is -1.99. The third-order valence-electron chi connectivity index (χ3n) is 2.49. The predicted octanol–water partition coefficient (Wildman–Crippen LogP) is 2.72. The summed E-state index contributed by atoms with van der Waals surface area (Å²) in [6, 6.07) is 6.06. The summed E-state index contributed by atoms with van der Waals surface area (Å²) in [5, 5.41) is 9.75. The average Bonchev–Trinajstić information content (AvgIpc) is 2.76. The number of rotatable bonds is 5. The van der Waals surface area contributed by atoms with Gasteiger partial charge in [0.15, 0.2) is 0 Å². The van der Waals surface area contributed by atoms with E-state index in [1.807, 2.05) is 0 Å². The van der Waals surface area contributed by atoms with Crippen molar-refractivity contribution in [2.45, 2.75) is 13.0 Å². The van der Waals surface area contributed by atoms with Crippen LogP contribution in [0.4, 0.5) is 4.39 Å². The minimum absolute atomic E-state index is 0.168. The fraction of sp³-hybridized carbons (Fsp3) is 0.231. The minimum atomic E-state index is -1.00. The smallest absolute Gasteiger partial charge is 0.347 e. The molecule has 4 nitrogen and oxygen atoms in total. The molecule has 0 saturated heterocycles. The maximum Gasteiger partial charge on any atom is 0.347 e. The Morgan fingerprint density at radius 2 is 2.11 bits per heavy atom. The quantitative estimate of drug-likeness (QED) is 0.915. The van der Waals surface area contributed by atoms with Gasteiger partial charge >= 0.3 is 5.97 Å². The molecule has 0 aliphatic rings. The lowest BCUT2D eigenvalue weighted by atomic mass is 10.1. The maximum atomic E-state index is 12.8. The standard InChI is InChI=1S/C13H12FNO3S/c1-18-7-10-12(13(16)17)19-11(15-10)6-8-2-4-9(14)5-3-8/h2-5H,6-7H2,1H3,(H,16,17). The van der Waals surface area contributed by atoms with Crippen molar-refractivity contribution in [3.63, 3.8) is 0 Å². The number of carboxylic acid groups (broad SMARTS) is 1. The molecule has 1 N–H and O–H groups in total. The highest BCUT2D eigenvalue weighted by molar-refractivity contribution is 7.13. The molecule has 1 heterocycles. The lowest BCUT2D eigenvalue weighted by Gasteiger charge is -1.97. The summed E-state index contributed by atoms with van der Waals surface area (Å²) in [5.41, 5.74) is 1.31. The van der Waals surface area contributed by atoms with Crippen molar-refractivity contribution >= 4 is 17.3 Å². The number of nitrogens with zero attached hydrogens (tertiary/aromatic N) is 1. The van der Waals surface area contributed by atoms with Gasteiger partial charge in [0, 0.05) is 13.5 Å². The second-order valence-electron chi connectivity index (χ2n) is 3.92. The molecule has 19 heavy (non-hydrogen) atoms. The Labute approximate surface area is 113 Å². The van der Waals surface area contributed by atoms with Gasteiger partial charge in [-0.15, -0.1) is 11.3 Å². The van der Waals surface area contributed by atoms with Crippen molar-refractivity contribution in [2.75, 3.05) is 7.11 Å². The van der Waals surface area contributed by atoms with Crippen molar-refractivity contribution in [3.8, 4) is 0 Å². The molecule has 100 valence electrons. The SMILES string of the molecule is COCc1nc(Cc2ccc(F)cc2)sc1C(=O)O. The Bertz CT molecular complexity index is 580. The number of aromatic carboxylic acids is 1. The summed E-state index contributed by atoms with van der Waals surface area (Å²) in [6.07, 6.45) is 0.481. The first-order valence-corrected chi connectivity index (χ1v) is 6.37. The molecule has 2 aromatic rings. The van der Waals surface area contributed by atoms with Crippen molar-refractivity contribution in [1.82, 2.24) is 4.98 Å². The average molecular weight is 281 g/mol. The van der Waals surface area contributed by atoms with Gasteiger partial charge in [0.25, 0.3) is 0 Å². The molecule has 0 atom stereocenters. The highest BCUT2D eigenvalue weighted by atomic mass is 32.1. The van der Waals surface area contributed by atoms with Crippen LogP contribution < -0.4 is 0 Å². The molecule has 0 aliphatic heterocycles. The first kappa shape index (κ1) is 13.6. The topological polar surface area (TPSA) is 59.4 Å². The molecule has 0 unspecified atom stereocenters. The number of aromatic nitrogens is 1. The van der Waals surface area contributed by atoms with Gasteiger partial charge in [0.1, 0.15) is 10.7 Å². The van der Waals surface area contributed by atoms with E-state index in [4.69, 9.17) is 9.84 Å². The molecular formula is C13H12FNO3S. The Morgan fingerprint density at radius 1 is 1.42 bits per heavy atom. The van der Waals surface area contributed by atoms with Crippen LogP contribution in [0.5, 0.6) is 0 Å². The van der Waals surface area contributed by atoms with E-state index in [0.29, 0.717) is 17.1 Å². The molecule has 0 spiro atoms. The van der Waals surface area contributed by atoms with Crippen molar-refractivity contribution in [3.05, 3.63) is 51.2 Å². The highest BCUT2D eigenvalue weighted by Gasteiger charge is 2.17. The molecule has 0 fully saturated rings. The number of hydrogen-bond donors (Lipinski definition) is 1. The van der Waals surface area contributed by atoms with Crippen LogP contribution in [0.2, 0.25) is 0 Å². The fourth-order valence-electron chi connectivity index (χ4n) is 1.65. The molecule has 0 radical (unpaired) electrons. The van der Waals surface area contributed by atoms with Crippen LogP contribution in [0.25, 0.3) is 0 Å². The number of carbonyl (C=O) groups is 1. The molecule has 0 saturated carbocycles. The van der Waals surface area contributed by atoms with Crippen LogP contribution in [0.1, 0.15) is 25.9 Å². The summed E-state index contributed by atoms with van der Waals surface area (Å²) >= 11 is 1.12. The van der Waals surface area contributed by atoms with Crippen molar-refractivity contribution in [1.29, 1.82) is 0 Å². The van der Waals surface area contributed by atoms with Crippen molar-refractivity contribution in [2.24, 2.45) is 0 Å². The van der Waals surface area contributed by atoms with E-state index in [1.165, 1.54) is 19.2 Å². The van der Waals surface area contributed by atoms with Gasteiger partial charge in [-0.05, 0) is 17.7 Å². The molecule has 1 aromatic carbocycles. The van der Waals surface area contributed by atoms with Crippen LogP contribution in [-0.4, -0.2) is 23.2 Å². The summed E-state index contributed by atoms with van der Waals surface area (Å²) in [4.78, 5) is 15.5. The number of methoxy groups -OCH3 is 1. The van der Waals surface area contributed by atoms with E-state index in [0.717, 1.165) is 16.9 Å². The normalized spacial score (nSPS) is 10.6. The second kappa shape index (κ2) is 5.90. The van der Waals surface area contributed by atoms with Crippen LogP contribution in [0.15, 0.2) is 24.3 Å². The Morgan fingerprint density at radius 3 is 2.68 bits per heavy atom. The van der Waals surface area contributed by atoms with Gasteiger partial charge in [0.05, 0.1) is 17.3 Å². The fourth-order valence-corrected chi connectivity index (χ4v) is 2.59. The molecule has 6 heteroatoms. The summed E-state index contributed by atoms with van der Waals surface area (Å²) in [5.74, 6) is -1.30. The molecule has 2 rings (SSSR count). The third-order valence-corrected chi connectivity index (χ3v) is 3.57. The van der Waals surface area contributed by atoms with Crippen LogP contribution in [-0.2, 0) is 17.8 Å². The zero-order valence-corrected chi connectivity index (χ0v) is 11.0. The summed E-state index contributed by atoms with van der Waals surface area (Å²) in [7, 11) is 1.49. The first-order valence-electron chi connectivity index (χ1n) is 5.55. The molecule has 0 amide bonds. The molecular weight excluding hydrogens is 269 g/mol. The summed E-state index contributed by atoms with van der Waals surface area (Å²) < 4.78 is 17.7. The van der Waals surface area contributed by atoms with Crippen LogP contribution in [0, 0.1) is 5.82 Å². The Hall–Kier alpha value is -1.79. The highest BCUT2D eigenvalue weighted by Crippen LogP contribution is 2.22. The third kappa shape index (κ3) is 3.36. The number of halogens is 1. The summed E-state index contributed by atoms with van der Waals surface area (Å²) in [6.45, 7) is 0.168. The number of carboxylic acids is 1. The van der Waals surface area contributed by atoms with Crippen molar-refractivity contribution < 1.29 is 19.0 Å². The maximum absolute atomic E-state index is 12.8. The van der Waals surface area contributed by atoms with E-state index in [-0.39, 0.29) is 17.3 Å². The Balaban J connectivity index is 2.23. The molecule has 1 aromatic heterocycles. The van der Waals surface area contributed by atoms with E-state index in [2.05, 4.69) is 4.98 Å². The van der Waals surface area contributed by atoms with Gasteiger partial charge in [-0.1, -0.05) is 12.1 Å². The zero-order chi connectivity index (χ0) is 13.8. The van der Waals surface area contributed by atoms with Gasteiger partial charge in [-0.2, -0.15) is 0 Å². The first-order chi connectivity index (χ1) is 9.10. The predicted molar refractivity (Wildman–Crippen MR) is 69.0 cm³/mol. The number of benzene rings is 1. The number of ether oxygens (including phenoxy) is 1. The monoisotopic (exact) mass is 281 g/mol. The van der Waals surface area contributed by atoms with E-state index >= 15 is 0 Å². The number of hydrogen-bond acceptors (Lipinski definition) is 4. The van der Waals surface area contributed by atoms with E-state index in [1.54, 1.807) is 12.1 Å². The lowest BCUT2D eigenvalue weighted by molar-refractivity contribution is 0.0697. The van der Waals surface area contributed by atoms with Gasteiger partial charge in [-0.3, -0.25) is 0 Å². The number of thiazole rings is 1.